The van der Waals surface area contributed by atoms with Crippen LogP contribution in [0.2, 0.25) is 0 Å². The van der Waals surface area contributed by atoms with Crippen LogP contribution in [0.15, 0.2) is 16.9 Å². The Balaban J connectivity index is 2.08. The highest BCUT2D eigenvalue weighted by Crippen LogP contribution is 2.19. The predicted molar refractivity (Wildman–Crippen MR) is 88.6 cm³/mol. The Morgan fingerprint density at radius 2 is 1.95 bits per heavy atom. The topological polar surface area (TPSA) is 64.7 Å². The maximum atomic E-state index is 12.4. The van der Waals surface area contributed by atoms with Gasteiger partial charge in [0.15, 0.2) is 0 Å². The number of rotatable bonds is 5. The number of amides is 1. The summed E-state index contributed by atoms with van der Waals surface area (Å²) in [6.07, 6.45) is 3.81. The molecular weight excluding hydrogens is 346 g/mol. The van der Waals surface area contributed by atoms with Crippen LogP contribution >= 0.6 is 15.9 Å². The quantitative estimate of drug-likeness (QED) is 0.883. The molecule has 2 rings (SSSR count). The molecule has 0 aliphatic carbocycles. The van der Waals surface area contributed by atoms with E-state index in [2.05, 4.69) is 31.4 Å². The summed E-state index contributed by atoms with van der Waals surface area (Å²) in [6.45, 7) is 10.5. The summed E-state index contributed by atoms with van der Waals surface area (Å²) in [5.41, 5.74) is 2.85. The molecule has 2 aromatic heterocycles. The van der Waals surface area contributed by atoms with Gasteiger partial charge in [-0.1, -0.05) is 0 Å². The van der Waals surface area contributed by atoms with Gasteiger partial charge in [-0.25, -0.2) is 0 Å². The molecule has 2 atom stereocenters. The van der Waals surface area contributed by atoms with Crippen molar-refractivity contribution in [2.24, 2.45) is 0 Å². The molecule has 0 aromatic carbocycles. The fraction of sp³-hybridized carbons (Fsp3) is 0.533. The highest BCUT2D eigenvalue weighted by Gasteiger charge is 2.21. The highest BCUT2D eigenvalue weighted by atomic mass is 79.9. The highest BCUT2D eigenvalue weighted by molar-refractivity contribution is 9.10. The van der Waals surface area contributed by atoms with Gasteiger partial charge in [-0.05, 0) is 50.5 Å². The predicted octanol–water partition coefficient (Wildman–Crippen LogP) is 2.92. The van der Waals surface area contributed by atoms with Crippen LogP contribution in [0.3, 0.4) is 0 Å². The zero-order valence-corrected chi connectivity index (χ0v) is 15.2. The van der Waals surface area contributed by atoms with E-state index in [1.807, 2.05) is 51.7 Å². The van der Waals surface area contributed by atoms with Gasteiger partial charge in [-0.15, -0.1) is 0 Å². The molecule has 0 radical (unpaired) electrons. The first-order valence-electron chi connectivity index (χ1n) is 7.39. The molecule has 0 saturated carbocycles. The van der Waals surface area contributed by atoms with E-state index >= 15 is 0 Å². The fourth-order valence-electron chi connectivity index (χ4n) is 2.31. The van der Waals surface area contributed by atoms with Gasteiger partial charge in [0.2, 0.25) is 5.91 Å². The van der Waals surface area contributed by atoms with E-state index in [4.69, 9.17) is 0 Å². The van der Waals surface area contributed by atoms with Gasteiger partial charge in [0.1, 0.15) is 6.04 Å². The van der Waals surface area contributed by atoms with Gasteiger partial charge in [-0.2, -0.15) is 10.2 Å². The van der Waals surface area contributed by atoms with Gasteiger partial charge in [0.05, 0.1) is 21.9 Å². The molecule has 0 aliphatic heterocycles. The summed E-state index contributed by atoms with van der Waals surface area (Å²) < 4.78 is 4.45. The number of hydrogen-bond donors (Lipinski definition) is 1. The third-order valence-corrected chi connectivity index (χ3v) is 4.55. The molecule has 1 amide bonds. The first-order chi connectivity index (χ1) is 10.3. The minimum atomic E-state index is -0.367. The lowest BCUT2D eigenvalue weighted by molar-refractivity contribution is -0.124. The summed E-state index contributed by atoms with van der Waals surface area (Å²) in [6, 6.07) is -0.454. The Labute approximate surface area is 139 Å². The first kappa shape index (κ1) is 16.7. The van der Waals surface area contributed by atoms with Crippen molar-refractivity contribution in [2.75, 3.05) is 0 Å². The number of nitrogens with one attached hydrogen (secondary N) is 1. The van der Waals surface area contributed by atoms with Crippen LogP contribution in [0.4, 0.5) is 0 Å². The van der Waals surface area contributed by atoms with Gasteiger partial charge in [0, 0.05) is 24.5 Å². The summed E-state index contributed by atoms with van der Waals surface area (Å²) >= 11 is 3.42. The molecule has 22 heavy (non-hydrogen) atoms. The monoisotopic (exact) mass is 367 g/mol. The molecule has 0 bridgehead atoms. The molecule has 2 unspecified atom stereocenters. The third kappa shape index (κ3) is 3.40. The average molecular weight is 368 g/mol. The van der Waals surface area contributed by atoms with Gasteiger partial charge < -0.3 is 5.32 Å². The molecule has 0 saturated heterocycles. The number of hydrogen-bond acceptors (Lipinski definition) is 3. The number of aryl methyl sites for hydroxylation is 3. The van der Waals surface area contributed by atoms with Crippen molar-refractivity contribution >= 4 is 21.8 Å². The summed E-state index contributed by atoms with van der Waals surface area (Å²) in [5.74, 6) is -0.0638. The zero-order valence-electron chi connectivity index (χ0n) is 13.6. The molecule has 7 heteroatoms. The fourth-order valence-corrected chi connectivity index (χ4v) is 2.60. The Bertz CT molecular complexity index is 656. The lowest BCUT2D eigenvalue weighted by atomic mass is 10.1. The molecule has 120 valence electrons. The molecular formula is C15H22BrN5O. The van der Waals surface area contributed by atoms with Crippen LogP contribution in [-0.4, -0.2) is 25.5 Å². The standard InChI is InChI=1S/C15H22BrN5O/c1-6-20-7-13(10(3)18-20)9(2)17-15(22)12(5)21-8-14(16)11(4)19-21/h7-9,12H,6H2,1-5H3,(H,17,22). The lowest BCUT2D eigenvalue weighted by Crippen LogP contribution is -2.33. The minimum absolute atomic E-state index is 0.0638. The Morgan fingerprint density at radius 1 is 1.27 bits per heavy atom. The maximum absolute atomic E-state index is 12.4. The number of halogens is 1. The van der Waals surface area contributed by atoms with Crippen molar-refractivity contribution in [2.45, 2.75) is 53.2 Å². The van der Waals surface area contributed by atoms with Crippen molar-refractivity contribution in [1.82, 2.24) is 24.9 Å². The molecule has 6 nitrogen and oxygen atoms in total. The minimum Gasteiger partial charge on any atom is -0.348 e. The van der Waals surface area contributed by atoms with Crippen LogP contribution in [0, 0.1) is 13.8 Å². The zero-order chi connectivity index (χ0) is 16.4. The van der Waals surface area contributed by atoms with Gasteiger partial charge >= 0.3 is 0 Å². The normalized spacial score (nSPS) is 13.9. The number of nitrogens with zero attached hydrogens (tertiary/aromatic N) is 4. The maximum Gasteiger partial charge on any atom is 0.245 e. The van der Waals surface area contributed by atoms with E-state index in [1.165, 1.54) is 0 Å². The van der Waals surface area contributed by atoms with Crippen molar-refractivity contribution in [3.63, 3.8) is 0 Å². The second-order valence-corrected chi connectivity index (χ2v) is 6.33. The second-order valence-electron chi connectivity index (χ2n) is 5.47. The molecule has 2 aromatic rings. The molecule has 0 spiro atoms. The van der Waals surface area contributed by atoms with Crippen molar-refractivity contribution < 1.29 is 4.79 Å². The van der Waals surface area contributed by atoms with Crippen LogP contribution in [0.5, 0.6) is 0 Å². The largest absolute Gasteiger partial charge is 0.348 e. The van der Waals surface area contributed by atoms with Crippen LogP contribution in [0.25, 0.3) is 0 Å². The van der Waals surface area contributed by atoms with Gasteiger partial charge in [-0.3, -0.25) is 14.2 Å². The SMILES string of the molecule is CCn1cc(C(C)NC(=O)C(C)n2cc(Br)c(C)n2)c(C)n1. The Hall–Kier alpha value is -1.63. The molecule has 0 aliphatic rings. The van der Waals surface area contributed by atoms with E-state index in [0.29, 0.717) is 0 Å². The first-order valence-corrected chi connectivity index (χ1v) is 8.18. The second kappa shape index (κ2) is 6.64. The Morgan fingerprint density at radius 3 is 2.45 bits per heavy atom. The van der Waals surface area contributed by atoms with Crippen molar-refractivity contribution in [1.29, 1.82) is 0 Å². The van der Waals surface area contributed by atoms with Crippen molar-refractivity contribution in [3.8, 4) is 0 Å². The van der Waals surface area contributed by atoms with E-state index in [-0.39, 0.29) is 18.0 Å². The van der Waals surface area contributed by atoms with E-state index in [0.717, 1.165) is 28.0 Å². The number of aromatic nitrogens is 4. The van der Waals surface area contributed by atoms with Crippen molar-refractivity contribution in [3.05, 3.63) is 33.8 Å². The van der Waals surface area contributed by atoms with Crippen LogP contribution in [-0.2, 0) is 11.3 Å². The number of carbonyl (C=O) groups excluding carboxylic acids is 1. The smallest absolute Gasteiger partial charge is 0.245 e. The summed E-state index contributed by atoms with van der Waals surface area (Å²) in [5, 5.41) is 11.8. The van der Waals surface area contributed by atoms with Crippen LogP contribution < -0.4 is 5.32 Å². The lowest BCUT2D eigenvalue weighted by Gasteiger charge is -2.17. The average Bonchev–Trinajstić information content (AvgIpc) is 3.01. The summed E-state index contributed by atoms with van der Waals surface area (Å²) in [4.78, 5) is 12.4. The molecule has 1 N–H and O–H groups in total. The van der Waals surface area contributed by atoms with Crippen LogP contribution in [0.1, 0.15) is 49.8 Å². The van der Waals surface area contributed by atoms with E-state index in [9.17, 15) is 4.79 Å². The third-order valence-electron chi connectivity index (χ3n) is 3.77. The van der Waals surface area contributed by atoms with E-state index < -0.39 is 0 Å². The Kier molecular flexibility index (Phi) is 5.05. The number of carbonyl (C=O) groups is 1. The molecule has 0 fully saturated rings. The summed E-state index contributed by atoms with van der Waals surface area (Å²) in [7, 11) is 0. The molecule has 2 heterocycles. The van der Waals surface area contributed by atoms with Gasteiger partial charge in [0.25, 0.3) is 0 Å². The van der Waals surface area contributed by atoms with E-state index in [1.54, 1.807) is 4.68 Å².